The summed E-state index contributed by atoms with van der Waals surface area (Å²) >= 11 is 0. The topological polar surface area (TPSA) is 61.1 Å². The number of hydrogen-bond acceptors (Lipinski definition) is 3. The second kappa shape index (κ2) is 11.4. The van der Waals surface area contributed by atoms with E-state index in [1.165, 1.54) is 61.5 Å². The molecular formula is C35H28F3NO3S. The van der Waals surface area contributed by atoms with Gasteiger partial charge in [-0.1, -0.05) is 97.1 Å². The molecule has 0 bridgehead atoms. The van der Waals surface area contributed by atoms with Crippen molar-refractivity contribution in [3.63, 3.8) is 0 Å². The number of alkyl halides is 3. The van der Waals surface area contributed by atoms with E-state index in [1.807, 2.05) is 0 Å². The average Bonchev–Trinajstić information content (AvgIpc) is 3.01. The van der Waals surface area contributed by atoms with Gasteiger partial charge in [-0.25, -0.2) is 8.42 Å². The van der Waals surface area contributed by atoms with Gasteiger partial charge in [-0.2, -0.15) is 17.7 Å². The van der Waals surface area contributed by atoms with Crippen LogP contribution in [0.2, 0.25) is 0 Å². The van der Waals surface area contributed by atoms with Gasteiger partial charge in [-0.05, 0) is 54.5 Å². The summed E-state index contributed by atoms with van der Waals surface area (Å²) in [6, 6.07) is 40.2. The normalized spacial score (nSPS) is 13.5. The van der Waals surface area contributed by atoms with Crippen LogP contribution < -0.4 is 4.57 Å². The summed E-state index contributed by atoms with van der Waals surface area (Å²) in [6.07, 6.45) is 4.37. The van der Waals surface area contributed by atoms with Gasteiger partial charge in [0.25, 0.3) is 0 Å². The second-order valence-corrected chi connectivity index (χ2v) is 12.1. The molecule has 1 aromatic heterocycles. The van der Waals surface area contributed by atoms with E-state index >= 15 is 0 Å². The summed E-state index contributed by atoms with van der Waals surface area (Å²) in [5.74, 6) is 0. The Labute approximate surface area is 248 Å². The number of aromatic nitrogens is 1. The fourth-order valence-electron chi connectivity index (χ4n) is 6.29. The number of rotatable bonds is 3. The van der Waals surface area contributed by atoms with Crippen LogP contribution in [0.1, 0.15) is 27.8 Å². The zero-order valence-corrected chi connectivity index (χ0v) is 24.0. The zero-order valence-electron chi connectivity index (χ0n) is 23.1. The lowest BCUT2D eigenvalue weighted by Gasteiger charge is -2.28. The molecule has 7 rings (SSSR count). The van der Waals surface area contributed by atoms with E-state index in [-0.39, 0.29) is 0 Å². The van der Waals surface area contributed by atoms with Crippen LogP contribution in [-0.4, -0.2) is 18.5 Å². The number of pyridine rings is 1. The lowest BCUT2D eigenvalue weighted by atomic mass is 9.77. The van der Waals surface area contributed by atoms with Crippen molar-refractivity contribution in [1.29, 1.82) is 0 Å². The Bertz CT molecular complexity index is 1830. The van der Waals surface area contributed by atoms with Crippen LogP contribution in [0.5, 0.6) is 0 Å². The van der Waals surface area contributed by atoms with Crippen LogP contribution in [0.4, 0.5) is 13.2 Å². The molecule has 0 aliphatic heterocycles. The molecule has 0 unspecified atom stereocenters. The minimum atomic E-state index is -6.09. The van der Waals surface area contributed by atoms with Crippen LogP contribution in [0.15, 0.2) is 109 Å². The van der Waals surface area contributed by atoms with Crippen molar-refractivity contribution in [2.24, 2.45) is 0 Å². The van der Waals surface area contributed by atoms with Crippen molar-refractivity contribution >= 4 is 10.1 Å². The Hall–Kier alpha value is -4.27. The molecule has 0 atom stereocenters. The first-order valence-corrected chi connectivity index (χ1v) is 15.4. The third-order valence-electron chi connectivity index (χ3n) is 8.08. The van der Waals surface area contributed by atoms with E-state index in [2.05, 4.69) is 114 Å². The molecule has 0 spiro atoms. The Morgan fingerprint density at radius 3 is 1.51 bits per heavy atom. The maximum atomic E-state index is 10.7. The van der Waals surface area contributed by atoms with Crippen molar-refractivity contribution in [3.05, 3.63) is 137 Å². The Kier molecular flexibility index (Phi) is 7.66. The van der Waals surface area contributed by atoms with Gasteiger partial charge in [0.05, 0.1) is 0 Å². The number of halogens is 3. The predicted molar refractivity (Wildman–Crippen MR) is 159 cm³/mol. The molecule has 2 aliphatic rings. The first-order valence-electron chi connectivity index (χ1n) is 14.0. The number of fused-ring (bicyclic) bond motifs is 6. The quantitative estimate of drug-likeness (QED) is 0.125. The smallest absolute Gasteiger partial charge is 0.485 e. The maximum absolute atomic E-state index is 10.7. The Morgan fingerprint density at radius 1 is 0.628 bits per heavy atom. The molecule has 0 saturated carbocycles. The van der Waals surface area contributed by atoms with Crippen molar-refractivity contribution in [3.8, 4) is 33.6 Å². The third kappa shape index (κ3) is 5.60. The molecule has 5 aromatic rings. The zero-order chi connectivity index (χ0) is 30.2. The van der Waals surface area contributed by atoms with E-state index in [1.54, 1.807) is 0 Å². The molecule has 0 N–H and O–H groups in total. The van der Waals surface area contributed by atoms with E-state index in [4.69, 9.17) is 13.0 Å². The lowest BCUT2D eigenvalue weighted by molar-refractivity contribution is -0.667. The van der Waals surface area contributed by atoms with Gasteiger partial charge >= 0.3 is 5.51 Å². The van der Waals surface area contributed by atoms with Crippen LogP contribution in [0.3, 0.4) is 0 Å². The van der Waals surface area contributed by atoms with Gasteiger partial charge in [0.2, 0.25) is 11.4 Å². The summed E-state index contributed by atoms with van der Waals surface area (Å²) in [5, 5.41) is 0. The third-order valence-corrected chi connectivity index (χ3v) is 8.65. The largest absolute Gasteiger partial charge is 0.741 e. The van der Waals surface area contributed by atoms with Crippen molar-refractivity contribution in [2.45, 2.75) is 37.7 Å². The minimum absolute atomic E-state index is 0.878. The fraction of sp³-hybridized carbons (Fsp3) is 0.171. The van der Waals surface area contributed by atoms with E-state index < -0.39 is 15.6 Å². The number of nitrogens with zero attached hydrogens (tertiary/aromatic N) is 1. The highest BCUT2D eigenvalue weighted by molar-refractivity contribution is 7.86. The van der Waals surface area contributed by atoms with Gasteiger partial charge in [-0.15, -0.1) is 0 Å². The number of benzene rings is 4. The highest BCUT2D eigenvalue weighted by Crippen LogP contribution is 2.44. The van der Waals surface area contributed by atoms with Crippen molar-refractivity contribution < 1.29 is 30.7 Å². The van der Waals surface area contributed by atoms with Crippen LogP contribution in [0.25, 0.3) is 33.6 Å². The molecule has 218 valence electrons. The molecule has 4 nitrogen and oxygen atoms in total. The molecule has 0 amide bonds. The van der Waals surface area contributed by atoms with Crippen LogP contribution in [-0.2, 0) is 42.3 Å². The van der Waals surface area contributed by atoms with Gasteiger partial charge in [0, 0.05) is 33.4 Å². The van der Waals surface area contributed by atoms with Gasteiger partial charge in [-0.3, -0.25) is 0 Å². The minimum Gasteiger partial charge on any atom is -0.741 e. The molecule has 0 radical (unpaired) electrons. The SMILES string of the molecule is O=S(=O)([O-])C(F)(F)F.c1ccc(C[n+]2c3c(c(-c4ccccc4)c4c2-c2ccccc2CC4)CCc2ccccc2-3)cc1. The highest BCUT2D eigenvalue weighted by atomic mass is 32.2. The average molecular weight is 600 g/mol. The first-order chi connectivity index (χ1) is 20.6. The van der Waals surface area contributed by atoms with E-state index in [0.29, 0.717) is 0 Å². The van der Waals surface area contributed by atoms with Gasteiger partial charge < -0.3 is 4.55 Å². The van der Waals surface area contributed by atoms with Crippen molar-refractivity contribution in [1.82, 2.24) is 0 Å². The van der Waals surface area contributed by atoms with Crippen LogP contribution >= 0.6 is 0 Å². The molecule has 1 heterocycles. The standard InChI is InChI=1S/C34H28N.CHF3O3S/c1-3-11-24(12-4-1)23-35-33-28-17-9-7-13-25(28)19-21-30(33)32(27-15-5-2-6-16-27)31-22-20-26-14-8-10-18-29(26)34(31)35;2-1(3,4)8(5,6)7/h1-18H,19-23H2;(H,5,6,7)/q+1;/p-1. The molecule has 2 aliphatic carbocycles. The first kappa shape index (κ1) is 28.8. The predicted octanol–water partition coefficient (Wildman–Crippen LogP) is 7.27. The second-order valence-electron chi connectivity index (χ2n) is 10.7. The Morgan fingerprint density at radius 2 is 1.05 bits per heavy atom. The van der Waals surface area contributed by atoms with Gasteiger partial charge in [0.15, 0.2) is 16.7 Å². The lowest BCUT2D eigenvalue weighted by Crippen LogP contribution is -2.44. The van der Waals surface area contributed by atoms with Crippen molar-refractivity contribution in [2.75, 3.05) is 0 Å². The van der Waals surface area contributed by atoms with Gasteiger partial charge in [0.1, 0.15) is 0 Å². The van der Waals surface area contributed by atoms with E-state index in [0.717, 1.165) is 32.2 Å². The number of hydrogen-bond donors (Lipinski definition) is 0. The molecule has 43 heavy (non-hydrogen) atoms. The molecular weight excluding hydrogens is 571 g/mol. The van der Waals surface area contributed by atoms with E-state index in [9.17, 15) is 13.2 Å². The van der Waals surface area contributed by atoms with Crippen LogP contribution in [0, 0.1) is 0 Å². The molecule has 8 heteroatoms. The maximum Gasteiger partial charge on any atom is 0.485 e. The summed E-state index contributed by atoms with van der Waals surface area (Å²) in [6.45, 7) is 0.878. The molecule has 4 aromatic carbocycles. The summed E-state index contributed by atoms with van der Waals surface area (Å²) < 4.78 is 61.6. The summed E-state index contributed by atoms with van der Waals surface area (Å²) in [4.78, 5) is 0. The fourth-order valence-corrected chi connectivity index (χ4v) is 6.29. The Balaban J connectivity index is 0.000000365. The summed E-state index contributed by atoms with van der Waals surface area (Å²) in [5.41, 5.74) is 10.1. The molecule has 0 saturated heterocycles. The molecule has 0 fully saturated rings. The summed E-state index contributed by atoms with van der Waals surface area (Å²) in [7, 11) is -6.09. The number of aryl methyl sites for hydroxylation is 2. The monoisotopic (exact) mass is 599 g/mol. The highest BCUT2D eigenvalue weighted by Gasteiger charge is 2.38.